The highest BCUT2D eigenvalue weighted by molar-refractivity contribution is 9.10. The van der Waals surface area contributed by atoms with Crippen molar-refractivity contribution in [2.45, 2.75) is 33.4 Å². The van der Waals surface area contributed by atoms with Gasteiger partial charge in [0.2, 0.25) is 21.8 Å². The summed E-state index contributed by atoms with van der Waals surface area (Å²) in [5, 5.41) is 3.26. The minimum atomic E-state index is -3.85. The molecular weight excluding hydrogens is 565 g/mol. The zero-order chi connectivity index (χ0) is 25.6. The largest absolute Gasteiger partial charge is 0.354 e. The van der Waals surface area contributed by atoms with Crippen molar-refractivity contribution in [2.24, 2.45) is 5.92 Å². The first-order valence-electron chi connectivity index (χ1n) is 10.5. The van der Waals surface area contributed by atoms with Gasteiger partial charge < -0.3 is 10.2 Å². The Hall–Kier alpha value is -1.81. The summed E-state index contributed by atoms with van der Waals surface area (Å²) in [6.45, 7) is 5.63. The molecule has 0 saturated carbocycles. The molecule has 7 nitrogen and oxygen atoms in total. The van der Waals surface area contributed by atoms with E-state index in [1.54, 1.807) is 6.92 Å². The number of rotatable bonds is 10. The second kappa shape index (κ2) is 12.2. The highest BCUT2D eigenvalue weighted by atomic mass is 79.9. The van der Waals surface area contributed by atoms with Crippen LogP contribution in [-0.4, -0.2) is 50.5 Å². The molecule has 0 radical (unpaired) electrons. The van der Waals surface area contributed by atoms with Crippen LogP contribution in [0.15, 0.2) is 46.9 Å². The van der Waals surface area contributed by atoms with E-state index in [2.05, 4.69) is 21.2 Å². The van der Waals surface area contributed by atoms with Crippen LogP contribution in [0.4, 0.5) is 5.69 Å². The Balaban J connectivity index is 2.39. The number of amides is 2. The second-order valence-electron chi connectivity index (χ2n) is 8.33. The van der Waals surface area contributed by atoms with E-state index in [0.29, 0.717) is 6.54 Å². The smallest absolute Gasteiger partial charge is 0.244 e. The second-order valence-corrected chi connectivity index (χ2v) is 12.0. The molecule has 0 aliphatic carbocycles. The molecule has 1 atom stereocenters. The molecule has 11 heteroatoms. The van der Waals surface area contributed by atoms with Gasteiger partial charge in [0.1, 0.15) is 12.6 Å². The first kappa shape index (κ1) is 28.4. The molecule has 0 fully saturated rings. The number of sulfonamides is 1. The molecule has 2 aromatic rings. The van der Waals surface area contributed by atoms with Gasteiger partial charge in [-0.05, 0) is 48.7 Å². The number of halogens is 3. The van der Waals surface area contributed by atoms with Crippen LogP contribution in [0.5, 0.6) is 0 Å². The van der Waals surface area contributed by atoms with Crippen LogP contribution in [0.25, 0.3) is 0 Å². The molecule has 0 aliphatic heterocycles. The summed E-state index contributed by atoms with van der Waals surface area (Å²) in [6, 6.07) is 10.8. The average molecular weight is 593 g/mol. The molecule has 0 bridgehead atoms. The molecule has 2 amide bonds. The van der Waals surface area contributed by atoms with Crippen molar-refractivity contribution in [2.75, 3.05) is 23.7 Å². The zero-order valence-electron chi connectivity index (χ0n) is 19.4. The molecular formula is C23H28BrCl2N3O4S. The van der Waals surface area contributed by atoms with Gasteiger partial charge in [0, 0.05) is 17.6 Å². The summed E-state index contributed by atoms with van der Waals surface area (Å²) < 4.78 is 26.9. The van der Waals surface area contributed by atoms with Crippen molar-refractivity contribution < 1.29 is 18.0 Å². The molecule has 0 aliphatic rings. The monoisotopic (exact) mass is 591 g/mol. The van der Waals surface area contributed by atoms with Crippen molar-refractivity contribution in [3.63, 3.8) is 0 Å². The van der Waals surface area contributed by atoms with Crippen LogP contribution in [0.2, 0.25) is 10.0 Å². The molecule has 2 rings (SSSR count). The predicted molar refractivity (Wildman–Crippen MR) is 141 cm³/mol. The standard InChI is InChI=1S/C23H28BrCl2N3O4S/c1-15(2)12-27-23(31)16(3)28(13-17-6-5-7-18(24)10-17)22(30)14-29(34(4,32)33)19-8-9-20(25)21(26)11-19/h5-11,15-16H,12-14H2,1-4H3,(H,27,31)/t16-/m0/s1. The molecule has 0 saturated heterocycles. The van der Waals surface area contributed by atoms with Crippen molar-refractivity contribution in [3.05, 3.63) is 62.5 Å². The van der Waals surface area contributed by atoms with Gasteiger partial charge in [-0.1, -0.05) is 65.1 Å². The fourth-order valence-electron chi connectivity index (χ4n) is 3.12. The number of carbonyl (C=O) groups is 2. The lowest BCUT2D eigenvalue weighted by atomic mass is 10.1. The fourth-order valence-corrected chi connectivity index (χ4v) is 4.70. The Kier molecular flexibility index (Phi) is 10.2. The number of benzene rings is 2. The lowest BCUT2D eigenvalue weighted by Gasteiger charge is -2.31. The van der Waals surface area contributed by atoms with Crippen molar-refractivity contribution in [3.8, 4) is 0 Å². The van der Waals surface area contributed by atoms with Gasteiger partial charge >= 0.3 is 0 Å². The van der Waals surface area contributed by atoms with Crippen molar-refractivity contribution in [1.29, 1.82) is 0 Å². The minimum absolute atomic E-state index is 0.119. The Bertz CT molecular complexity index is 1140. The van der Waals surface area contributed by atoms with Crippen LogP contribution in [-0.2, 0) is 26.2 Å². The Morgan fingerprint density at radius 2 is 1.74 bits per heavy atom. The van der Waals surface area contributed by atoms with Crippen LogP contribution < -0.4 is 9.62 Å². The van der Waals surface area contributed by atoms with Gasteiger partial charge in [0.25, 0.3) is 0 Å². The molecule has 0 spiro atoms. The van der Waals surface area contributed by atoms with Crippen LogP contribution in [0.3, 0.4) is 0 Å². The van der Waals surface area contributed by atoms with E-state index in [0.717, 1.165) is 20.6 Å². The number of anilines is 1. The summed E-state index contributed by atoms with van der Waals surface area (Å²) in [6.07, 6.45) is 1.00. The fraction of sp³-hybridized carbons (Fsp3) is 0.391. The maximum Gasteiger partial charge on any atom is 0.244 e. The predicted octanol–water partition coefficient (Wildman–Crippen LogP) is 4.71. The Labute approximate surface area is 219 Å². The highest BCUT2D eigenvalue weighted by Gasteiger charge is 2.30. The van der Waals surface area contributed by atoms with Gasteiger partial charge in [-0.3, -0.25) is 13.9 Å². The van der Waals surface area contributed by atoms with E-state index < -0.39 is 28.5 Å². The summed E-state index contributed by atoms with van der Waals surface area (Å²) >= 11 is 15.5. The first-order chi connectivity index (χ1) is 15.8. The topological polar surface area (TPSA) is 86.8 Å². The van der Waals surface area contributed by atoms with Crippen molar-refractivity contribution in [1.82, 2.24) is 10.2 Å². The van der Waals surface area contributed by atoms with E-state index >= 15 is 0 Å². The average Bonchev–Trinajstić information content (AvgIpc) is 2.74. The van der Waals surface area contributed by atoms with Gasteiger partial charge in [0.05, 0.1) is 22.0 Å². The van der Waals surface area contributed by atoms with Gasteiger partial charge in [-0.15, -0.1) is 0 Å². The summed E-state index contributed by atoms with van der Waals surface area (Å²) in [5.41, 5.74) is 0.983. The number of carbonyl (C=O) groups excluding carboxylic acids is 2. The number of nitrogens with one attached hydrogen (secondary N) is 1. The molecule has 0 aromatic heterocycles. The highest BCUT2D eigenvalue weighted by Crippen LogP contribution is 2.28. The third kappa shape index (κ3) is 8.15. The molecule has 0 unspecified atom stereocenters. The number of hydrogen-bond acceptors (Lipinski definition) is 4. The summed E-state index contributed by atoms with van der Waals surface area (Å²) in [4.78, 5) is 27.6. The lowest BCUT2D eigenvalue weighted by molar-refractivity contribution is -0.139. The first-order valence-corrected chi connectivity index (χ1v) is 13.9. The van der Waals surface area contributed by atoms with Gasteiger partial charge in [-0.25, -0.2) is 8.42 Å². The third-order valence-corrected chi connectivity index (χ3v) is 7.34. The summed E-state index contributed by atoms with van der Waals surface area (Å²) in [5.74, 6) is -0.623. The van der Waals surface area contributed by atoms with Crippen molar-refractivity contribution >= 4 is 66.7 Å². The van der Waals surface area contributed by atoms with Crippen LogP contribution in [0, 0.1) is 5.92 Å². The normalized spacial score (nSPS) is 12.4. The number of hydrogen-bond donors (Lipinski definition) is 1. The quantitative estimate of drug-likeness (QED) is 0.433. The Morgan fingerprint density at radius 1 is 1.06 bits per heavy atom. The molecule has 2 aromatic carbocycles. The molecule has 186 valence electrons. The third-order valence-electron chi connectivity index (χ3n) is 4.96. The van der Waals surface area contributed by atoms with E-state index in [1.807, 2.05) is 38.1 Å². The minimum Gasteiger partial charge on any atom is -0.354 e. The van der Waals surface area contributed by atoms with E-state index in [-0.39, 0.29) is 34.1 Å². The van der Waals surface area contributed by atoms with Crippen LogP contribution in [0.1, 0.15) is 26.3 Å². The van der Waals surface area contributed by atoms with E-state index in [4.69, 9.17) is 23.2 Å². The number of nitrogens with zero attached hydrogens (tertiary/aromatic N) is 2. The Morgan fingerprint density at radius 3 is 2.29 bits per heavy atom. The lowest BCUT2D eigenvalue weighted by Crippen LogP contribution is -2.51. The molecule has 0 heterocycles. The maximum absolute atomic E-state index is 13.5. The SMILES string of the molecule is CC(C)CNC(=O)[C@H](C)N(Cc1cccc(Br)c1)C(=O)CN(c1ccc(Cl)c(Cl)c1)S(C)(=O)=O. The summed E-state index contributed by atoms with van der Waals surface area (Å²) in [7, 11) is -3.85. The van der Waals surface area contributed by atoms with E-state index in [9.17, 15) is 18.0 Å². The molecule has 34 heavy (non-hydrogen) atoms. The maximum atomic E-state index is 13.5. The van der Waals surface area contributed by atoms with Gasteiger partial charge in [0.15, 0.2) is 0 Å². The van der Waals surface area contributed by atoms with Crippen LogP contribution >= 0.6 is 39.1 Å². The van der Waals surface area contributed by atoms with Gasteiger partial charge in [-0.2, -0.15) is 0 Å². The zero-order valence-corrected chi connectivity index (χ0v) is 23.3. The van der Waals surface area contributed by atoms with E-state index in [1.165, 1.54) is 23.1 Å². The molecule has 1 N–H and O–H groups in total.